The molecule has 0 saturated carbocycles. The van der Waals surface area contributed by atoms with Gasteiger partial charge in [-0.2, -0.15) is 0 Å². The highest BCUT2D eigenvalue weighted by Gasteiger charge is 2.15. The van der Waals surface area contributed by atoms with E-state index in [0.29, 0.717) is 5.02 Å². The molecule has 0 fully saturated rings. The van der Waals surface area contributed by atoms with Crippen molar-refractivity contribution in [3.8, 4) is 0 Å². The summed E-state index contributed by atoms with van der Waals surface area (Å²) in [5, 5.41) is 3.36. The van der Waals surface area contributed by atoms with Gasteiger partial charge in [0, 0.05) is 10.7 Å². The third-order valence-corrected chi connectivity index (χ3v) is 3.32. The molecular weight excluding hydrogens is 279 g/mol. The molecule has 20 heavy (non-hydrogen) atoms. The van der Waals surface area contributed by atoms with Gasteiger partial charge in [-0.1, -0.05) is 29.8 Å². The molecule has 0 heterocycles. The summed E-state index contributed by atoms with van der Waals surface area (Å²) >= 11 is 6.08. The van der Waals surface area contributed by atoms with Crippen molar-refractivity contribution in [3.63, 3.8) is 0 Å². The Bertz CT molecular complexity index is 646. The van der Waals surface area contributed by atoms with Crippen molar-refractivity contribution >= 4 is 23.2 Å². The molecule has 0 aliphatic heterocycles. The monoisotopic (exact) mass is 292 g/mol. The third-order valence-electron chi connectivity index (χ3n) is 2.98. The number of amides is 1. The molecule has 0 aromatic heterocycles. The molecule has 5 heteroatoms. The van der Waals surface area contributed by atoms with Crippen molar-refractivity contribution in [2.75, 3.05) is 5.73 Å². The van der Waals surface area contributed by atoms with E-state index in [0.717, 1.165) is 11.6 Å². The van der Waals surface area contributed by atoms with Gasteiger partial charge in [-0.15, -0.1) is 0 Å². The molecule has 0 spiro atoms. The van der Waals surface area contributed by atoms with Crippen LogP contribution in [0.5, 0.6) is 0 Å². The van der Waals surface area contributed by atoms with Gasteiger partial charge in [0.25, 0.3) is 5.91 Å². The number of carbonyl (C=O) groups excluding carboxylic acids is 1. The Morgan fingerprint density at radius 2 is 2.00 bits per heavy atom. The maximum Gasteiger partial charge on any atom is 0.253 e. The van der Waals surface area contributed by atoms with E-state index in [1.54, 1.807) is 6.07 Å². The van der Waals surface area contributed by atoms with Crippen molar-refractivity contribution in [1.29, 1.82) is 0 Å². The van der Waals surface area contributed by atoms with Crippen LogP contribution in [0.1, 0.15) is 28.9 Å². The molecule has 2 aromatic carbocycles. The van der Waals surface area contributed by atoms with Gasteiger partial charge in [0.05, 0.1) is 11.6 Å². The quantitative estimate of drug-likeness (QED) is 0.850. The van der Waals surface area contributed by atoms with Crippen LogP contribution in [0.2, 0.25) is 5.02 Å². The Balaban J connectivity index is 2.17. The Hall–Kier alpha value is -2.07. The minimum absolute atomic E-state index is 0.105. The first-order valence-corrected chi connectivity index (χ1v) is 6.47. The fraction of sp³-hybridized carbons (Fsp3) is 0.133. The molecule has 1 amide bonds. The molecule has 1 atom stereocenters. The molecular formula is C15H14ClFN2O. The summed E-state index contributed by atoms with van der Waals surface area (Å²) in [6.45, 7) is 1.82. The van der Waals surface area contributed by atoms with Crippen LogP contribution in [0.3, 0.4) is 0 Å². The highest BCUT2D eigenvalue weighted by atomic mass is 35.5. The molecule has 0 aliphatic carbocycles. The SMILES string of the molecule is C[C@@H](NC(=O)c1ccc(F)cc1N)c1ccccc1Cl. The summed E-state index contributed by atoms with van der Waals surface area (Å²) in [7, 11) is 0. The summed E-state index contributed by atoms with van der Waals surface area (Å²) < 4.78 is 13.0. The second-order valence-electron chi connectivity index (χ2n) is 4.45. The van der Waals surface area contributed by atoms with Crippen molar-refractivity contribution in [3.05, 3.63) is 64.4 Å². The van der Waals surface area contributed by atoms with Gasteiger partial charge in [0.2, 0.25) is 0 Å². The van der Waals surface area contributed by atoms with Gasteiger partial charge in [-0.05, 0) is 36.8 Å². The highest BCUT2D eigenvalue weighted by Crippen LogP contribution is 2.23. The fourth-order valence-corrected chi connectivity index (χ4v) is 2.22. The third kappa shape index (κ3) is 3.08. The number of anilines is 1. The van der Waals surface area contributed by atoms with Crippen molar-refractivity contribution in [2.45, 2.75) is 13.0 Å². The van der Waals surface area contributed by atoms with Gasteiger partial charge in [-0.25, -0.2) is 4.39 Å². The fourth-order valence-electron chi connectivity index (χ4n) is 1.92. The average Bonchev–Trinajstić information content (AvgIpc) is 2.38. The van der Waals surface area contributed by atoms with Crippen LogP contribution in [0.15, 0.2) is 42.5 Å². The Morgan fingerprint density at radius 3 is 2.65 bits per heavy atom. The standard InChI is InChI=1S/C15H14ClFN2O/c1-9(11-4-2-3-5-13(11)16)19-15(20)12-7-6-10(17)8-14(12)18/h2-9H,18H2,1H3,(H,19,20)/t9-/m1/s1. The van der Waals surface area contributed by atoms with Crippen LogP contribution >= 0.6 is 11.6 Å². The number of benzene rings is 2. The molecule has 2 rings (SSSR count). The lowest BCUT2D eigenvalue weighted by Gasteiger charge is -2.16. The lowest BCUT2D eigenvalue weighted by molar-refractivity contribution is 0.0941. The van der Waals surface area contributed by atoms with Gasteiger partial charge < -0.3 is 11.1 Å². The zero-order valence-electron chi connectivity index (χ0n) is 10.9. The van der Waals surface area contributed by atoms with Crippen LogP contribution in [0.25, 0.3) is 0 Å². The second-order valence-corrected chi connectivity index (χ2v) is 4.86. The molecule has 3 N–H and O–H groups in total. The van der Waals surface area contributed by atoms with Gasteiger partial charge in [0.1, 0.15) is 5.82 Å². The first-order valence-electron chi connectivity index (χ1n) is 6.09. The molecule has 104 valence electrons. The maximum absolute atomic E-state index is 13.0. The summed E-state index contributed by atoms with van der Waals surface area (Å²) in [6, 6.07) is 10.7. The number of rotatable bonds is 3. The highest BCUT2D eigenvalue weighted by molar-refractivity contribution is 6.31. The van der Waals surface area contributed by atoms with Crippen molar-refractivity contribution in [2.24, 2.45) is 0 Å². The second kappa shape index (κ2) is 5.92. The van der Waals surface area contributed by atoms with Crippen molar-refractivity contribution < 1.29 is 9.18 Å². The molecule has 0 bridgehead atoms. The molecule has 0 unspecified atom stereocenters. The van der Waals surface area contributed by atoms with E-state index in [2.05, 4.69) is 5.32 Å². The summed E-state index contributed by atoms with van der Waals surface area (Å²) in [5.41, 5.74) is 6.79. The van der Waals surface area contributed by atoms with E-state index in [4.69, 9.17) is 17.3 Å². The smallest absolute Gasteiger partial charge is 0.253 e. The topological polar surface area (TPSA) is 55.1 Å². The lowest BCUT2D eigenvalue weighted by atomic mass is 10.1. The number of carbonyl (C=O) groups is 1. The van der Waals surface area contributed by atoms with E-state index >= 15 is 0 Å². The number of hydrogen-bond donors (Lipinski definition) is 2. The normalized spacial score (nSPS) is 11.9. The van der Waals surface area contributed by atoms with Crippen LogP contribution in [0, 0.1) is 5.82 Å². The molecule has 3 nitrogen and oxygen atoms in total. The minimum Gasteiger partial charge on any atom is -0.398 e. The zero-order valence-corrected chi connectivity index (χ0v) is 11.6. The first kappa shape index (κ1) is 14.3. The van der Waals surface area contributed by atoms with Crippen LogP contribution in [-0.4, -0.2) is 5.91 Å². The molecule has 0 aliphatic rings. The lowest BCUT2D eigenvalue weighted by Crippen LogP contribution is -2.27. The average molecular weight is 293 g/mol. The predicted octanol–water partition coefficient (Wildman–Crippen LogP) is 3.55. The zero-order chi connectivity index (χ0) is 14.7. The van der Waals surface area contributed by atoms with Gasteiger partial charge >= 0.3 is 0 Å². The van der Waals surface area contributed by atoms with E-state index in [-0.39, 0.29) is 23.2 Å². The minimum atomic E-state index is -0.474. The van der Waals surface area contributed by atoms with E-state index in [1.165, 1.54) is 12.1 Å². The van der Waals surface area contributed by atoms with Crippen molar-refractivity contribution in [1.82, 2.24) is 5.32 Å². The Labute approximate surface area is 121 Å². The van der Waals surface area contributed by atoms with Crippen LogP contribution < -0.4 is 11.1 Å². The van der Waals surface area contributed by atoms with Crippen LogP contribution in [-0.2, 0) is 0 Å². The molecule has 2 aromatic rings. The summed E-state index contributed by atoms with van der Waals surface area (Å²) in [4.78, 5) is 12.1. The Kier molecular flexibility index (Phi) is 4.25. The van der Waals surface area contributed by atoms with E-state index in [9.17, 15) is 9.18 Å². The first-order chi connectivity index (χ1) is 9.49. The number of nitrogen functional groups attached to an aromatic ring is 1. The number of nitrogens with two attached hydrogens (primary N) is 1. The van der Waals surface area contributed by atoms with Gasteiger partial charge in [-0.3, -0.25) is 4.79 Å². The summed E-state index contributed by atoms with van der Waals surface area (Å²) in [5.74, 6) is -0.840. The van der Waals surface area contributed by atoms with E-state index < -0.39 is 5.82 Å². The predicted molar refractivity (Wildman–Crippen MR) is 78.1 cm³/mol. The maximum atomic E-state index is 13.0. The summed E-state index contributed by atoms with van der Waals surface area (Å²) in [6.07, 6.45) is 0. The molecule has 0 saturated heterocycles. The Morgan fingerprint density at radius 1 is 1.30 bits per heavy atom. The van der Waals surface area contributed by atoms with Gasteiger partial charge in [0.15, 0.2) is 0 Å². The molecule has 0 radical (unpaired) electrons. The van der Waals surface area contributed by atoms with E-state index in [1.807, 2.05) is 25.1 Å². The van der Waals surface area contributed by atoms with Crippen LogP contribution in [0.4, 0.5) is 10.1 Å². The number of halogens is 2. The number of nitrogens with one attached hydrogen (secondary N) is 1. The largest absolute Gasteiger partial charge is 0.398 e. The number of hydrogen-bond acceptors (Lipinski definition) is 2.